The minimum absolute atomic E-state index is 0. The molecule has 0 saturated carbocycles. The van der Waals surface area contributed by atoms with Gasteiger partial charge >= 0.3 is 0 Å². The highest BCUT2D eigenvalue weighted by molar-refractivity contribution is 5.94. The number of amides is 1. The molecule has 17 heavy (non-hydrogen) atoms. The predicted molar refractivity (Wildman–Crippen MR) is 69.7 cm³/mol. The van der Waals surface area contributed by atoms with E-state index in [0.29, 0.717) is 0 Å². The number of hydrogen-bond acceptors (Lipinski definition) is 2. The fourth-order valence-electron chi connectivity index (χ4n) is 1.29. The number of para-hydroxylation sites is 1. The van der Waals surface area contributed by atoms with Crippen molar-refractivity contribution in [1.82, 2.24) is 0 Å². The van der Waals surface area contributed by atoms with E-state index in [2.05, 4.69) is 5.32 Å². The van der Waals surface area contributed by atoms with E-state index in [1.165, 1.54) is 12.1 Å². The van der Waals surface area contributed by atoms with E-state index < -0.39 is 11.9 Å². The molecule has 1 amide bonds. The Morgan fingerprint density at radius 1 is 1.47 bits per heavy atom. The summed E-state index contributed by atoms with van der Waals surface area (Å²) in [6, 6.07) is 5.43. The normalized spacial score (nSPS) is 13.4. The topological polar surface area (TPSA) is 55.1 Å². The molecule has 0 heterocycles. The first-order valence-corrected chi connectivity index (χ1v) is 5.37. The number of carbonyl (C=O) groups is 1. The predicted octanol–water partition coefficient (Wildman–Crippen LogP) is 2.56. The van der Waals surface area contributed by atoms with E-state index in [4.69, 9.17) is 5.73 Å². The summed E-state index contributed by atoms with van der Waals surface area (Å²) >= 11 is 0. The maximum absolute atomic E-state index is 13.2. The molecule has 0 aliphatic carbocycles. The number of halogens is 2. The van der Waals surface area contributed by atoms with Gasteiger partial charge in [0.25, 0.3) is 0 Å². The van der Waals surface area contributed by atoms with Crippen LogP contribution in [0.25, 0.3) is 0 Å². The first kappa shape index (κ1) is 15.9. The molecule has 1 aromatic carbocycles. The SMILES string of the molecule is CCC(C)C(N)C(=O)Nc1ccccc1F.Cl. The highest BCUT2D eigenvalue weighted by Crippen LogP contribution is 2.14. The van der Waals surface area contributed by atoms with Gasteiger partial charge in [-0.1, -0.05) is 32.4 Å². The maximum atomic E-state index is 13.2. The fourth-order valence-corrected chi connectivity index (χ4v) is 1.29. The molecule has 3 N–H and O–H groups in total. The first-order valence-electron chi connectivity index (χ1n) is 5.37. The molecule has 0 fully saturated rings. The summed E-state index contributed by atoms with van der Waals surface area (Å²) in [4.78, 5) is 11.7. The van der Waals surface area contributed by atoms with Gasteiger partial charge in [0.1, 0.15) is 5.82 Å². The van der Waals surface area contributed by atoms with E-state index in [1.807, 2.05) is 13.8 Å². The Kier molecular flexibility index (Phi) is 6.76. The largest absolute Gasteiger partial charge is 0.322 e. The van der Waals surface area contributed by atoms with Gasteiger partial charge < -0.3 is 11.1 Å². The molecule has 3 nitrogen and oxygen atoms in total. The van der Waals surface area contributed by atoms with Crippen molar-refractivity contribution in [2.24, 2.45) is 11.7 Å². The molecule has 0 radical (unpaired) electrons. The molecule has 96 valence electrons. The molecule has 0 saturated heterocycles. The Morgan fingerprint density at radius 2 is 2.06 bits per heavy atom. The van der Waals surface area contributed by atoms with Crippen molar-refractivity contribution in [3.05, 3.63) is 30.1 Å². The van der Waals surface area contributed by atoms with Gasteiger partial charge in [-0.15, -0.1) is 12.4 Å². The van der Waals surface area contributed by atoms with Crippen molar-refractivity contribution in [3.8, 4) is 0 Å². The van der Waals surface area contributed by atoms with Crippen LogP contribution in [0.1, 0.15) is 20.3 Å². The third-order valence-electron chi connectivity index (χ3n) is 2.69. The molecule has 2 unspecified atom stereocenters. The maximum Gasteiger partial charge on any atom is 0.241 e. The van der Waals surface area contributed by atoms with E-state index in [1.54, 1.807) is 12.1 Å². The number of carbonyl (C=O) groups excluding carboxylic acids is 1. The molecule has 0 spiro atoms. The van der Waals surface area contributed by atoms with Crippen molar-refractivity contribution < 1.29 is 9.18 Å². The molecular weight excluding hydrogens is 243 g/mol. The summed E-state index contributed by atoms with van der Waals surface area (Å²) < 4.78 is 13.2. The zero-order valence-corrected chi connectivity index (χ0v) is 10.8. The van der Waals surface area contributed by atoms with Crippen LogP contribution in [-0.2, 0) is 4.79 Å². The third-order valence-corrected chi connectivity index (χ3v) is 2.69. The molecule has 0 aliphatic rings. The van der Waals surface area contributed by atoms with Gasteiger partial charge in [-0.25, -0.2) is 4.39 Å². The highest BCUT2D eigenvalue weighted by atomic mass is 35.5. The Balaban J connectivity index is 0.00000256. The summed E-state index contributed by atoms with van der Waals surface area (Å²) in [6.45, 7) is 3.85. The second kappa shape index (κ2) is 7.25. The molecule has 0 bridgehead atoms. The van der Waals surface area contributed by atoms with Gasteiger partial charge in [-0.3, -0.25) is 4.79 Å². The zero-order chi connectivity index (χ0) is 12.1. The van der Waals surface area contributed by atoms with Gasteiger partial charge in [-0.05, 0) is 18.1 Å². The number of hydrogen-bond donors (Lipinski definition) is 2. The second-order valence-corrected chi connectivity index (χ2v) is 3.88. The number of anilines is 1. The summed E-state index contributed by atoms with van der Waals surface area (Å²) in [5.74, 6) is -0.724. The quantitative estimate of drug-likeness (QED) is 0.874. The minimum Gasteiger partial charge on any atom is -0.322 e. The van der Waals surface area contributed by atoms with Crippen LogP contribution in [0.2, 0.25) is 0 Å². The fraction of sp³-hybridized carbons (Fsp3) is 0.417. The summed E-state index contributed by atoms with van der Waals surface area (Å²) in [7, 11) is 0. The summed E-state index contributed by atoms with van der Waals surface area (Å²) in [5.41, 5.74) is 5.91. The van der Waals surface area contributed by atoms with E-state index in [0.717, 1.165) is 6.42 Å². The number of nitrogens with one attached hydrogen (secondary N) is 1. The molecule has 2 atom stereocenters. The van der Waals surface area contributed by atoms with Crippen molar-refractivity contribution in [3.63, 3.8) is 0 Å². The molecule has 0 aromatic heterocycles. The van der Waals surface area contributed by atoms with Crippen LogP contribution < -0.4 is 11.1 Å². The van der Waals surface area contributed by atoms with Crippen molar-refractivity contribution in [2.75, 3.05) is 5.32 Å². The van der Waals surface area contributed by atoms with E-state index in [-0.39, 0.29) is 29.9 Å². The third kappa shape index (κ3) is 4.32. The van der Waals surface area contributed by atoms with Crippen LogP contribution in [-0.4, -0.2) is 11.9 Å². The smallest absolute Gasteiger partial charge is 0.241 e. The Hall–Kier alpha value is -1.13. The average molecular weight is 261 g/mol. The van der Waals surface area contributed by atoms with Crippen LogP contribution in [0.3, 0.4) is 0 Å². The van der Waals surface area contributed by atoms with Gasteiger partial charge in [0.05, 0.1) is 11.7 Å². The minimum atomic E-state index is -0.607. The standard InChI is InChI=1S/C12H17FN2O.ClH/c1-3-8(2)11(14)12(16)15-10-7-5-4-6-9(10)13;/h4-8,11H,3,14H2,1-2H3,(H,15,16);1H. The van der Waals surface area contributed by atoms with Crippen LogP contribution in [0.5, 0.6) is 0 Å². The number of benzene rings is 1. The van der Waals surface area contributed by atoms with Crippen LogP contribution in [0.4, 0.5) is 10.1 Å². The van der Waals surface area contributed by atoms with Crippen LogP contribution in [0, 0.1) is 11.7 Å². The number of nitrogens with two attached hydrogens (primary N) is 1. The lowest BCUT2D eigenvalue weighted by Gasteiger charge is -2.17. The lowest BCUT2D eigenvalue weighted by molar-refractivity contribution is -0.118. The average Bonchev–Trinajstić information content (AvgIpc) is 2.30. The lowest BCUT2D eigenvalue weighted by atomic mass is 9.99. The van der Waals surface area contributed by atoms with Crippen molar-refractivity contribution in [1.29, 1.82) is 0 Å². The Bertz CT molecular complexity index is 373. The summed E-state index contributed by atoms with van der Waals surface area (Å²) in [5, 5.41) is 2.49. The number of rotatable bonds is 4. The van der Waals surface area contributed by atoms with Crippen molar-refractivity contribution >= 4 is 24.0 Å². The molecule has 1 aromatic rings. The van der Waals surface area contributed by atoms with Gasteiger partial charge in [0.15, 0.2) is 0 Å². The Morgan fingerprint density at radius 3 is 2.59 bits per heavy atom. The Labute approximate surface area is 107 Å². The molecule has 1 rings (SSSR count). The monoisotopic (exact) mass is 260 g/mol. The van der Waals surface area contributed by atoms with E-state index >= 15 is 0 Å². The zero-order valence-electron chi connectivity index (χ0n) is 9.94. The van der Waals surface area contributed by atoms with Crippen molar-refractivity contribution in [2.45, 2.75) is 26.3 Å². The first-order chi connectivity index (χ1) is 7.56. The van der Waals surface area contributed by atoms with Crippen LogP contribution in [0.15, 0.2) is 24.3 Å². The second-order valence-electron chi connectivity index (χ2n) is 3.88. The summed E-state index contributed by atoms with van der Waals surface area (Å²) in [6.07, 6.45) is 0.811. The molecule has 5 heteroatoms. The van der Waals surface area contributed by atoms with Gasteiger partial charge in [0.2, 0.25) is 5.91 Å². The van der Waals surface area contributed by atoms with Gasteiger partial charge in [-0.2, -0.15) is 0 Å². The van der Waals surface area contributed by atoms with Crippen LogP contribution >= 0.6 is 12.4 Å². The molecule has 0 aliphatic heterocycles. The highest BCUT2D eigenvalue weighted by Gasteiger charge is 2.20. The molecular formula is C12H18ClFN2O. The van der Waals surface area contributed by atoms with Gasteiger partial charge in [0, 0.05) is 0 Å². The van der Waals surface area contributed by atoms with E-state index in [9.17, 15) is 9.18 Å². The lowest BCUT2D eigenvalue weighted by Crippen LogP contribution is -2.40.